The van der Waals surface area contributed by atoms with Crippen LogP contribution in [0.3, 0.4) is 0 Å². The standard InChI is InChI=1S/C16H20N2O3/c1-10-3-8-15(21-10)11(2)18-16(20)14(17)9-12-4-6-13(19)7-5-12/h3-8,11,14,19H,9,17H2,1-2H3,(H,18,20)/t11?,14-/m0/s1. The molecule has 0 fully saturated rings. The fourth-order valence-electron chi connectivity index (χ4n) is 2.06. The predicted octanol–water partition coefficient (Wildman–Crippen LogP) is 2.04. The third-order valence-electron chi connectivity index (χ3n) is 3.28. The van der Waals surface area contributed by atoms with E-state index in [1.807, 2.05) is 26.0 Å². The van der Waals surface area contributed by atoms with Crippen LogP contribution in [0.15, 0.2) is 40.8 Å². The molecular weight excluding hydrogens is 268 g/mol. The van der Waals surface area contributed by atoms with Gasteiger partial charge in [-0.3, -0.25) is 4.79 Å². The van der Waals surface area contributed by atoms with Gasteiger partial charge in [0.05, 0.1) is 12.1 Å². The molecule has 1 unspecified atom stereocenters. The van der Waals surface area contributed by atoms with Crippen LogP contribution in [0.5, 0.6) is 5.75 Å². The summed E-state index contributed by atoms with van der Waals surface area (Å²) >= 11 is 0. The smallest absolute Gasteiger partial charge is 0.237 e. The van der Waals surface area contributed by atoms with Gasteiger partial charge in [-0.25, -0.2) is 0 Å². The fraction of sp³-hybridized carbons (Fsp3) is 0.312. The van der Waals surface area contributed by atoms with Crippen LogP contribution in [0.1, 0.15) is 30.0 Å². The minimum atomic E-state index is -0.645. The Morgan fingerprint density at radius 3 is 2.52 bits per heavy atom. The van der Waals surface area contributed by atoms with E-state index in [1.54, 1.807) is 24.3 Å². The minimum absolute atomic E-state index is 0.193. The van der Waals surface area contributed by atoms with Crippen molar-refractivity contribution in [1.29, 1.82) is 0 Å². The monoisotopic (exact) mass is 288 g/mol. The lowest BCUT2D eigenvalue weighted by atomic mass is 10.1. The summed E-state index contributed by atoms with van der Waals surface area (Å²) in [7, 11) is 0. The summed E-state index contributed by atoms with van der Waals surface area (Å²) in [4.78, 5) is 12.1. The molecule has 2 atom stereocenters. The molecule has 4 N–H and O–H groups in total. The Balaban J connectivity index is 1.91. The van der Waals surface area contributed by atoms with Gasteiger partial charge in [-0.05, 0) is 50.1 Å². The quantitative estimate of drug-likeness (QED) is 0.785. The molecule has 0 saturated carbocycles. The number of amides is 1. The summed E-state index contributed by atoms with van der Waals surface area (Å²) in [5, 5.41) is 12.1. The topological polar surface area (TPSA) is 88.5 Å². The first-order valence-electron chi connectivity index (χ1n) is 6.86. The zero-order valence-electron chi connectivity index (χ0n) is 12.2. The Morgan fingerprint density at radius 1 is 1.29 bits per heavy atom. The molecule has 1 heterocycles. The molecule has 2 rings (SSSR count). The second-order valence-corrected chi connectivity index (χ2v) is 5.16. The molecule has 112 valence electrons. The van der Waals surface area contributed by atoms with E-state index < -0.39 is 6.04 Å². The maximum atomic E-state index is 12.1. The van der Waals surface area contributed by atoms with Crippen molar-refractivity contribution in [2.45, 2.75) is 32.4 Å². The van der Waals surface area contributed by atoms with Crippen LogP contribution in [0.2, 0.25) is 0 Å². The first-order chi connectivity index (χ1) is 9.95. The number of benzene rings is 1. The molecule has 1 amide bonds. The van der Waals surface area contributed by atoms with Crippen LogP contribution >= 0.6 is 0 Å². The number of rotatable bonds is 5. The first-order valence-corrected chi connectivity index (χ1v) is 6.86. The molecular formula is C16H20N2O3. The number of carbonyl (C=O) groups excluding carboxylic acids is 1. The highest BCUT2D eigenvalue weighted by atomic mass is 16.3. The molecule has 0 aliphatic rings. The van der Waals surface area contributed by atoms with Crippen LogP contribution in [0, 0.1) is 6.92 Å². The second kappa shape index (κ2) is 6.45. The number of phenolic OH excluding ortho intramolecular Hbond substituents is 1. The average Bonchev–Trinajstić information content (AvgIpc) is 2.88. The normalized spacial score (nSPS) is 13.7. The molecule has 0 saturated heterocycles. The molecule has 0 bridgehead atoms. The summed E-state index contributed by atoms with van der Waals surface area (Å²) in [5.41, 5.74) is 6.81. The lowest BCUT2D eigenvalue weighted by Gasteiger charge is -2.16. The zero-order valence-corrected chi connectivity index (χ0v) is 12.2. The summed E-state index contributed by atoms with van der Waals surface area (Å²) in [5.74, 6) is 1.47. The molecule has 5 nitrogen and oxygen atoms in total. The second-order valence-electron chi connectivity index (χ2n) is 5.16. The van der Waals surface area contributed by atoms with Crippen LogP contribution in [-0.2, 0) is 11.2 Å². The van der Waals surface area contributed by atoms with Crippen molar-refractivity contribution >= 4 is 5.91 Å². The van der Waals surface area contributed by atoms with Crippen molar-refractivity contribution in [2.75, 3.05) is 0 Å². The number of carbonyl (C=O) groups is 1. The van der Waals surface area contributed by atoms with Gasteiger partial charge in [-0.2, -0.15) is 0 Å². The lowest BCUT2D eigenvalue weighted by molar-refractivity contribution is -0.123. The zero-order chi connectivity index (χ0) is 15.4. The van der Waals surface area contributed by atoms with Gasteiger partial charge in [0.25, 0.3) is 0 Å². The van der Waals surface area contributed by atoms with E-state index in [-0.39, 0.29) is 17.7 Å². The largest absolute Gasteiger partial charge is 0.508 e. The number of aryl methyl sites for hydroxylation is 1. The Morgan fingerprint density at radius 2 is 1.95 bits per heavy atom. The average molecular weight is 288 g/mol. The minimum Gasteiger partial charge on any atom is -0.508 e. The van der Waals surface area contributed by atoms with E-state index in [1.165, 1.54) is 0 Å². The SMILES string of the molecule is Cc1ccc(C(C)NC(=O)[C@@H](N)Cc2ccc(O)cc2)o1. The molecule has 0 radical (unpaired) electrons. The Bertz CT molecular complexity index is 604. The Labute approximate surface area is 123 Å². The highest BCUT2D eigenvalue weighted by Gasteiger charge is 2.18. The summed E-state index contributed by atoms with van der Waals surface area (Å²) in [6, 6.07) is 9.48. The van der Waals surface area contributed by atoms with Crippen LogP contribution in [-0.4, -0.2) is 17.1 Å². The molecule has 5 heteroatoms. The van der Waals surface area contributed by atoms with E-state index in [9.17, 15) is 9.90 Å². The van der Waals surface area contributed by atoms with E-state index in [0.29, 0.717) is 12.2 Å². The molecule has 21 heavy (non-hydrogen) atoms. The Kier molecular flexibility index (Phi) is 4.65. The van der Waals surface area contributed by atoms with Crippen molar-refractivity contribution in [3.05, 3.63) is 53.5 Å². The van der Waals surface area contributed by atoms with Crippen molar-refractivity contribution < 1.29 is 14.3 Å². The predicted molar refractivity (Wildman–Crippen MR) is 79.8 cm³/mol. The molecule has 0 aliphatic carbocycles. The molecule has 2 aromatic rings. The first kappa shape index (κ1) is 15.1. The molecule has 1 aromatic carbocycles. The van der Waals surface area contributed by atoms with E-state index in [4.69, 9.17) is 10.2 Å². The maximum Gasteiger partial charge on any atom is 0.237 e. The van der Waals surface area contributed by atoms with Crippen molar-refractivity contribution in [3.63, 3.8) is 0 Å². The number of nitrogens with two attached hydrogens (primary N) is 1. The molecule has 0 aliphatic heterocycles. The summed E-state index contributed by atoms with van der Waals surface area (Å²) in [6.07, 6.45) is 0.413. The van der Waals surface area contributed by atoms with Gasteiger partial charge in [-0.15, -0.1) is 0 Å². The fourth-order valence-corrected chi connectivity index (χ4v) is 2.06. The van der Waals surface area contributed by atoms with Gasteiger partial charge < -0.3 is 20.6 Å². The highest BCUT2D eigenvalue weighted by molar-refractivity contribution is 5.82. The number of phenols is 1. The highest BCUT2D eigenvalue weighted by Crippen LogP contribution is 2.16. The summed E-state index contributed by atoms with van der Waals surface area (Å²) < 4.78 is 5.47. The third kappa shape index (κ3) is 4.10. The van der Waals surface area contributed by atoms with E-state index in [2.05, 4.69) is 5.32 Å². The van der Waals surface area contributed by atoms with Crippen LogP contribution < -0.4 is 11.1 Å². The van der Waals surface area contributed by atoms with Gasteiger partial charge in [0.1, 0.15) is 17.3 Å². The Hall–Kier alpha value is -2.27. The number of furan rings is 1. The third-order valence-corrected chi connectivity index (χ3v) is 3.28. The number of hydrogen-bond donors (Lipinski definition) is 3. The lowest BCUT2D eigenvalue weighted by Crippen LogP contribution is -2.42. The van der Waals surface area contributed by atoms with Crippen molar-refractivity contribution in [3.8, 4) is 5.75 Å². The van der Waals surface area contributed by atoms with Gasteiger partial charge in [0.2, 0.25) is 5.91 Å². The summed E-state index contributed by atoms with van der Waals surface area (Å²) in [6.45, 7) is 3.71. The number of hydrogen-bond acceptors (Lipinski definition) is 4. The maximum absolute atomic E-state index is 12.1. The van der Waals surface area contributed by atoms with Gasteiger partial charge in [0, 0.05) is 0 Å². The van der Waals surface area contributed by atoms with E-state index >= 15 is 0 Å². The van der Waals surface area contributed by atoms with Crippen LogP contribution in [0.25, 0.3) is 0 Å². The molecule has 0 spiro atoms. The van der Waals surface area contributed by atoms with Crippen molar-refractivity contribution in [2.24, 2.45) is 5.73 Å². The van der Waals surface area contributed by atoms with Crippen molar-refractivity contribution in [1.82, 2.24) is 5.32 Å². The van der Waals surface area contributed by atoms with E-state index in [0.717, 1.165) is 11.3 Å². The van der Waals surface area contributed by atoms with Gasteiger partial charge in [0.15, 0.2) is 0 Å². The van der Waals surface area contributed by atoms with Gasteiger partial charge >= 0.3 is 0 Å². The van der Waals surface area contributed by atoms with Gasteiger partial charge in [-0.1, -0.05) is 12.1 Å². The number of aromatic hydroxyl groups is 1. The number of nitrogens with one attached hydrogen (secondary N) is 1. The van der Waals surface area contributed by atoms with Crippen LogP contribution in [0.4, 0.5) is 0 Å². The molecule has 1 aromatic heterocycles.